The zero-order valence-electron chi connectivity index (χ0n) is 19.5. The molecule has 0 fully saturated rings. The second-order valence-electron chi connectivity index (χ2n) is 6.71. The fourth-order valence-corrected chi connectivity index (χ4v) is 2.09. The maximum Gasteiger partial charge on any atom is 0.327 e. The predicted octanol–water partition coefficient (Wildman–Crippen LogP) is 6.62. The van der Waals surface area contributed by atoms with Crippen molar-refractivity contribution in [1.82, 2.24) is 0 Å². The van der Waals surface area contributed by atoms with E-state index in [1.807, 2.05) is 0 Å². The average molecular weight is 571 g/mol. The van der Waals surface area contributed by atoms with Crippen LogP contribution >= 0.6 is 0 Å². The van der Waals surface area contributed by atoms with E-state index in [1.165, 1.54) is 56.8 Å². The first-order valence-corrected chi connectivity index (χ1v) is 11.0. The van der Waals surface area contributed by atoms with Crippen molar-refractivity contribution in [1.29, 1.82) is 0 Å². The standard InChI is InChI=1S/3C8H14O2.Nd/c3*1-2-3-4-5-6-7-8(9)10;/h3*6-7H,2-5H2,1H3,(H,9,10);/b3*7-6+;. The number of hydrogen-bond donors (Lipinski definition) is 3. The van der Waals surface area contributed by atoms with E-state index in [0.29, 0.717) is 0 Å². The molecule has 0 heterocycles. The summed E-state index contributed by atoms with van der Waals surface area (Å²) in [6.45, 7) is 6.38. The van der Waals surface area contributed by atoms with Gasteiger partial charge in [0.05, 0.1) is 0 Å². The molecule has 0 aromatic carbocycles. The molecule has 0 rings (SSSR count). The minimum absolute atomic E-state index is 0. The van der Waals surface area contributed by atoms with Gasteiger partial charge in [0, 0.05) is 59.1 Å². The normalized spacial score (nSPS) is 10.2. The molecule has 0 atom stereocenters. The Labute approximate surface area is 221 Å². The van der Waals surface area contributed by atoms with Gasteiger partial charge in [-0.3, -0.25) is 0 Å². The monoisotopic (exact) mass is 568 g/mol. The van der Waals surface area contributed by atoms with Crippen molar-refractivity contribution in [3.05, 3.63) is 36.5 Å². The molecule has 7 heteroatoms. The molecule has 0 bridgehead atoms. The molecular formula is C24H42NdO6. The Morgan fingerprint density at radius 1 is 0.516 bits per heavy atom. The van der Waals surface area contributed by atoms with Gasteiger partial charge in [-0.25, -0.2) is 14.4 Å². The first kappa shape index (κ1) is 37.3. The van der Waals surface area contributed by atoms with Crippen LogP contribution in [0.2, 0.25) is 0 Å². The third-order valence-electron chi connectivity index (χ3n) is 3.70. The van der Waals surface area contributed by atoms with Gasteiger partial charge in [-0.2, -0.15) is 0 Å². The summed E-state index contributed by atoms with van der Waals surface area (Å²) in [4.78, 5) is 29.8. The number of allylic oxidation sites excluding steroid dienone is 3. The van der Waals surface area contributed by atoms with Crippen LogP contribution in [-0.4, -0.2) is 33.2 Å². The van der Waals surface area contributed by atoms with Gasteiger partial charge >= 0.3 is 17.9 Å². The zero-order chi connectivity index (χ0) is 23.5. The number of carboxylic acids is 3. The number of rotatable bonds is 15. The molecule has 0 saturated heterocycles. The number of unbranched alkanes of at least 4 members (excludes halogenated alkanes) is 9. The Hall–Kier alpha value is -1.02. The van der Waals surface area contributed by atoms with Crippen molar-refractivity contribution in [2.75, 3.05) is 0 Å². The Balaban J connectivity index is -0.000000174. The first-order chi connectivity index (χ1) is 14.3. The maximum absolute atomic E-state index is 9.95. The Kier molecular flexibility index (Phi) is 40.5. The minimum atomic E-state index is -0.850. The third-order valence-corrected chi connectivity index (χ3v) is 3.70. The van der Waals surface area contributed by atoms with E-state index < -0.39 is 17.9 Å². The van der Waals surface area contributed by atoms with Crippen LogP contribution in [0.1, 0.15) is 97.8 Å². The van der Waals surface area contributed by atoms with E-state index in [0.717, 1.165) is 38.5 Å². The number of carboxylic acid groups (broad SMARTS) is 3. The van der Waals surface area contributed by atoms with Gasteiger partial charge < -0.3 is 15.3 Å². The maximum atomic E-state index is 9.95. The summed E-state index contributed by atoms with van der Waals surface area (Å²) < 4.78 is 0. The van der Waals surface area contributed by atoms with Crippen LogP contribution < -0.4 is 0 Å². The molecule has 0 aromatic heterocycles. The number of aliphatic carboxylic acids is 3. The van der Waals surface area contributed by atoms with Crippen LogP contribution in [0.3, 0.4) is 0 Å². The summed E-state index contributed by atoms with van der Waals surface area (Å²) in [6.07, 6.45) is 21.8. The van der Waals surface area contributed by atoms with Gasteiger partial charge in [0.25, 0.3) is 0 Å². The Morgan fingerprint density at radius 2 is 0.742 bits per heavy atom. The molecule has 0 aromatic rings. The molecule has 0 saturated carbocycles. The summed E-state index contributed by atoms with van der Waals surface area (Å²) in [7, 11) is 0. The number of hydrogen-bond acceptors (Lipinski definition) is 3. The third kappa shape index (κ3) is 52.8. The molecule has 0 aliphatic heterocycles. The van der Waals surface area contributed by atoms with E-state index in [-0.39, 0.29) is 40.8 Å². The van der Waals surface area contributed by atoms with E-state index >= 15 is 0 Å². The molecule has 178 valence electrons. The Morgan fingerprint density at radius 3 is 0.903 bits per heavy atom. The van der Waals surface area contributed by atoms with Gasteiger partial charge in [0.2, 0.25) is 0 Å². The molecule has 0 radical (unpaired) electrons. The molecular weight excluding hydrogens is 528 g/mol. The predicted molar refractivity (Wildman–Crippen MR) is 123 cm³/mol. The minimum Gasteiger partial charge on any atom is -0.478 e. The van der Waals surface area contributed by atoms with Crippen LogP contribution in [0.25, 0.3) is 0 Å². The summed E-state index contributed by atoms with van der Waals surface area (Å²) in [6, 6.07) is 0. The van der Waals surface area contributed by atoms with Gasteiger partial charge in [-0.15, -0.1) is 0 Å². The Bertz CT molecular complexity index is 427. The second-order valence-corrected chi connectivity index (χ2v) is 6.71. The topological polar surface area (TPSA) is 112 Å². The summed E-state index contributed by atoms with van der Waals surface area (Å²) in [5.74, 6) is -2.55. The van der Waals surface area contributed by atoms with Crippen LogP contribution in [0.5, 0.6) is 0 Å². The van der Waals surface area contributed by atoms with Crippen LogP contribution in [0.15, 0.2) is 36.5 Å². The van der Waals surface area contributed by atoms with Crippen molar-refractivity contribution < 1.29 is 70.5 Å². The largest absolute Gasteiger partial charge is 0.478 e. The first-order valence-electron chi connectivity index (χ1n) is 11.0. The quantitative estimate of drug-likeness (QED) is 0.151. The molecule has 0 aliphatic rings. The van der Waals surface area contributed by atoms with Crippen molar-refractivity contribution >= 4 is 17.9 Å². The van der Waals surface area contributed by atoms with Gasteiger partial charge in [0.1, 0.15) is 0 Å². The van der Waals surface area contributed by atoms with E-state index in [1.54, 1.807) is 18.2 Å². The zero-order valence-corrected chi connectivity index (χ0v) is 22.7. The fourth-order valence-electron chi connectivity index (χ4n) is 2.09. The molecule has 0 aliphatic carbocycles. The molecule has 31 heavy (non-hydrogen) atoms. The van der Waals surface area contributed by atoms with Crippen LogP contribution in [0.4, 0.5) is 0 Å². The van der Waals surface area contributed by atoms with Crippen molar-refractivity contribution in [3.63, 3.8) is 0 Å². The second kappa shape index (κ2) is 33.6. The summed E-state index contributed by atoms with van der Waals surface area (Å²) in [5.41, 5.74) is 0. The summed E-state index contributed by atoms with van der Waals surface area (Å²) in [5, 5.41) is 24.5. The number of carbonyl (C=O) groups is 3. The molecule has 6 nitrogen and oxygen atoms in total. The summed E-state index contributed by atoms with van der Waals surface area (Å²) >= 11 is 0. The van der Waals surface area contributed by atoms with E-state index in [4.69, 9.17) is 15.3 Å². The molecule has 0 spiro atoms. The van der Waals surface area contributed by atoms with Crippen LogP contribution in [-0.2, 0) is 14.4 Å². The van der Waals surface area contributed by atoms with E-state index in [2.05, 4.69) is 20.8 Å². The van der Waals surface area contributed by atoms with Gasteiger partial charge in [0.15, 0.2) is 0 Å². The van der Waals surface area contributed by atoms with Gasteiger partial charge in [-0.05, 0) is 38.5 Å². The van der Waals surface area contributed by atoms with Gasteiger partial charge in [-0.1, -0.05) is 77.5 Å². The van der Waals surface area contributed by atoms with Crippen LogP contribution in [0, 0.1) is 40.8 Å². The van der Waals surface area contributed by atoms with Crippen molar-refractivity contribution in [2.45, 2.75) is 97.8 Å². The fraction of sp³-hybridized carbons (Fsp3) is 0.625. The molecule has 0 unspecified atom stereocenters. The van der Waals surface area contributed by atoms with Crippen molar-refractivity contribution in [2.24, 2.45) is 0 Å². The SMILES string of the molecule is CCCCC/C=C/C(=O)O.CCCCC/C=C/C(=O)O.CCCCC/C=C/C(=O)O.[Nd]. The molecule has 3 N–H and O–H groups in total. The van der Waals surface area contributed by atoms with E-state index in [9.17, 15) is 14.4 Å². The average Bonchev–Trinajstić information content (AvgIpc) is 2.68. The smallest absolute Gasteiger partial charge is 0.327 e. The molecule has 0 amide bonds. The van der Waals surface area contributed by atoms with Crippen molar-refractivity contribution in [3.8, 4) is 0 Å².